The van der Waals surface area contributed by atoms with Gasteiger partial charge in [-0.3, -0.25) is 14.4 Å². The highest BCUT2D eigenvalue weighted by Crippen LogP contribution is 2.24. The number of carboxylic acid groups (broad SMARTS) is 1. The number of amides is 2. The summed E-state index contributed by atoms with van der Waals surface area (Å²) in [6, 6.07) is 6.16. The van der Waals surface area contributed by atoms with E-state index in [2.05, 4.69) is 10.6 Å². The van der Waals surface area contributed by atoms with E-state index in [1.54, 1.807) is 31.2 Å². The number of carboxylic acids is 1. The quantitative estimate of drug-likeness (QED) is 0.695. The molecule has 0 bridgehead atoms. The van der Waals surface area contributed by atoms with Crippen LogP contribution >= 0.6 is 11.8 Å². The minimum Gasteiger partial charge on any atom is -0.480 e. The van der Waals surface area contributed by atoms with Crippen LogP contribution in [0.4, 0.5) is 5.69 Å². The van der Waals surface area contributed by atoms with Crippen LogP contribution in [0.1, 0.15) is 20.8 Å². The van der Waals surface area contributed by atoms with Crippen LogP contribution in [0.25, 0.3) is 0 Å². The third kappa shape index (κ3) is 5.86. The van der Waals surface area contributed by atoms with Crippen LogP contribution in [0.3, 0.4) is 0 Å². The Labute approximate surface area is 127 Å². The summed E-state index contributed by atoms with van der Waals surface area (Å²) < 4.78 is 0. The molecule has 0 spiro atoms. The van der Waals surface area contributed by atoms with Gasteiger partial charge in [0.15, 0.2) is 0 Å². The largest absolute Gasteiger partial charge is 0.480 e. The summed E-state index contributed by atoms with van der Waals surface area (Å²) in [4.78, 5) is 34.3. The number of anilines is 1. The second kappa shape index (κ2) is 7.68. The third-order valence-electron chi connectivity index (χ3n) is 2.59. The van der Waals surface area contributed by atoms with Crippen LogP contribution in [-0.2, 0) is 14.4 Å². The van der Waals surface area contributed by atoms with Crippen molar-refractivity contribution in [1.82, 2.24) is 5.32 Å². The Morgan fingerprint density at radius 2 is 1.71 bits per heavy atom. The SMILES string of the molecule is CC(=O)Nc1ccc(SC(C)C(=O)N[C@H](C)C(=O)O)cc1. The van der Waals surface area contributed by atoms with Gasteiger partial charge in [-0.1, -0.05) is 0 Å². The number of nitrogens with one attached hydrogen (secondary N) is 2. The Kier molecular flexibility index (Phi) is 6.23. The summed E-state index contributed by atoms with van der Waals surface area (Å²) in [6.45, 7) is 4.55. The summed E-state index contributed by atoms with van der Waals surface area (Å²) in [5.74, 6) is -1.55. The lowest BCUT2D eigenvalue weighted by Crippen LogP contribution is -2.41. The smallest absolute Gasteiger partial charge is 0.325 e. The molecule has 0 saturated heterocycles. The van der Waals surface area contributed by atoms with Crippen LogP contribution in [-0.4, -0.2) is 34.2 Å². The maximum Gasteiger partial charge on any atom is 0.325 e. The number of benzene rings is 1. The highest BCUT2D eigenvalue weighted by atomic mass is 32.2. The molecule has 0 aromatic heterocycles. The molecule has 0 aliphatic carbocycles. The number of carbonyl (C=O) groups excluding carboxylic acids is 2. The molecule has 0 radical (unpaired) electrons. The molecule has 21 heavy (non-hydrogen) atoms. The molecule has 0 aliphatic heterocycles. The Morgan fingerprint density at radius 1 is 1.14 bits per heavy atom. The molecular weight excluding hydrogens is 292 g/mol. The molecule has 6 nitrogen and oxygen atoms in total. The summed E-state index contributed by atoms with van der Waals surface area (Å²) in [5, 5.41) is 13.4. The zero-order valence-corrected chi connectivity index (χ0v) is 12.9. The van der Waals surface area contributed by atoms with Crippen LogP contribution < -0.4 is 10.6 Å². The maximum absolute atomic E-state index is 11.8. The van der Waals surface area contributed by atoms with Gasteiger partial charge in [-0.05, 0) is 38.1 Å². The van der Waals surface area contributed by atoms with Crippen molar-refractivity contribution in [2.75, 3.05) is 5.32 Å². The van der Waals surface area contributed by atoms with Crippen molar-refractivity contribution < 1.29 is 19.5 Å². The molecule has 1 rings (SSSR count). The molecule has 1 aromatic carbocycles. The summed E-state index contributed by atoms with van der Waals surface area (Å²) in [5.41, 5.74) is 0.684. The first kappa shape index (κ1) is 17.0. The normalized spacial score (nSPS) is 13.1. The van der Waals surface area contributed by atoms with Crippen LogP contribution in [0.15, 0.2) is 29.2 Å². The Balaban J connectivity index is 2.57. The number of hydrogen-bond donors (Lipinski definition) is 3. The predicted molar refractivity (Wildman–Crippen MR) is 81.3 cm³/mol. The van der Waals surface area contributed by atoms with E-state index >= 15 is 0 Å². The van der Waals surface area contributed by atoms with E-state index in [0.717, 1.165) is 4.90 Å². The van der Waals surface area contributed by atoms with Crippen molar-refractivity contribution in [3.63, 3.8) is 0 Å². The van der Waals surface area contributed by atoms with Gasteiger partial charge in [0.1, 0.15) is 6.04 Å². The van der Waals surface area contributed by atoms with Gasteiger partial charge < -0.3 is 15.7 Å². The third-order valence-corrected chi connectivity index (χ3v) is 3.70. The lowest BCUT2D eigenvalue weighted by molar-refractivity contribution is -0.141. The number of carbonyl (C=O) groups is 3. The van der Waals surface area contributed by atoms with Crippen molar-refractivity contribution in [1.29, 1.82) is 0 Å². The fourth-order valence-electron chi connectivity index (χ4n) is 1.47. The van der Waals surface area contributed by atoms with Gasteiger partial charge in [-0.15, -0.1) is 11.8 Å². The van der Waals surface area contributed by atoms with Gasteiger partial charge in [-0.25, -0.2) is 0 Å². The Hall–Kier alpha value is -2.02. The molecule has 0 heterocycles. The van der Waals surface area contributed by atoms with Gasteiger partial charge in [0.2, 0.25) is 11.8 Å². The number of rotatable bonds is 6. The fraction of sp³-hybridized carbons (Fsp3) is 0.357. The Bertz CT molecular complexity index is 530. The minimum atomic E-state index is -1.07. The number of hydrogen-bond acceptors (Lipinski definition) is 4. The average molecular weight is 310 g/mol. The van der Waals surface area contributed by atoms with E-state index in [9.17, 15) is 14.4 Å². The molecule has 2 amide bonds. The van der Waals surface area contributed by atoms with Crippen molar-refractivity contribution in [2.45, 2.75) is 37.0 Å². The molecule has 7 heteroatoms. The first-order valence-corrected chi connectivity index (χ1v) is 7.25. The summed E-state index contributed by atoms with van der Waals surface area (Å²) in [7, 11) is 0. The van der Waals surface area contributed by atoms with Crippen molar-refractivity contribution in [3.05, 3.63) is 24.3 Å². The number of thioether (sulfide) groups is 1. The van der Waals surface area contributed by atoms with Crippen LogP contribution in [0, 0.1) is 0 Å². The zero-order chi connectivity index (χ0) is 16.0. The maximum atomic E-state index is 11.8. The molecule has 114 valence electrons. The summed E-state index contributed by atoms with van der Waals surface area (Å²) >= 11 is 1.32. The monoisotopic (exact) mass is 310 g/mol. The van der Waals surface area contributed by atoms with Gasteiger partial charge >= 0.3 is 5.97 Å². The highest BCUT2D eigenvalue weighted by Gasteiger charge is 2.19. The molecule has 1 aromatic rings. The second-order valence-electron chi connectivity index (χ2n) is 4.53. The topological polar surface area (TPSA) is 95.5 Å². The van der Waals surface area contributed by atoms with Crippen molar-refractivity contribution in [3.8, 4) is 0 Å². The predicted octanol–water partition coefficient (Wildman–Crippen LogP) is 1.71. The molecule has 0 saturated carbocycles. The lowest BCUT2D eigenvalue weighted by atomic mass is 10.3. The average Bonchev–Trinajstić information content (AvgIpc) is 2.40. The highest BCUT2D eigenvalue weighted by molar-refractivity contribution is 8.00. The molecule has 2 atom stereocenters. The summed E-state index contributed by atoms with van der Waals surface area (Å²) in [6.07, 6.45) is 0. The van der Waals surface area contributed by atoms with Gasteiger partial charge in [-0.2, -0.15) is 0 Å². The Morgan fingerprint density at radius 3 is 2.19 bits per heavy atom. The van der Waals surface area contributed by atoms with E-state index in [1.165, 1.54) is 25.6 Å². The first-order chi connectivity index (χ1) is 9.79. The number of aliphatic carboxylic acids is 1. The van der Waals surface area contributed by atoms with Crippen LogP contribution in [0.5, 0.6) is 0 Å². The van der Waals surface area contributed by atoms with Gasteiger partial charge in [0.05, 0.1) is 5.25 Å². The first-order valence-electron chi connectivity index (χ1n) is 6.37. The molecule has 3 N–H and O–H groups in total. The van der Waals surface area contributed by atoms with Gasteiger partial charge in [0.25, 0.3) is 0 Å². The van der Waals surface area contributed by atoms with E-state index < -0.39 is 17.3 Å². The van der Waals surface area contributed by atoms with Crippen LogP contribution in [0.2, 0.25) is 0 Å². The molecule has 0 aliphatic rings. The van der Waals surface area contributed by atoms with Gasteiger partial charge in [0, 0.05) is 17.5 Å². The fourth-order valence-corrected chi connectivity index (χ4v) is 2.35. The molecule has 1 unspecified atom stereocenters. The lowest BCUT2D eigenvalue weighted by Gasteiger charge is -2.14. The minimum absolute atomic E-state index is 0.147. The van der Waals surface area contributed by atoms with Crippen molar-refractivity contribution >= 4 is 35.2 Å². The van der Waals surface area contributed by atoms with E-state index in [0.29, 0.717) is 5.69 Å². The van der Waals surface area contributed by atoms with Crippen molar-refractivity contribution in [2.24, 2.45) is 0 Å². The molecular formula is C14H18N2O4S. The zero-order valence-electron chi connectivity index (χ0n) is 12.0. The standard InChI is InChI=1S/C14H18N2O4S/c1-8(14(19)20)15-13(18)9(2)21-12-6-4-11(5-7-12)16-10(3)17/h4-9H,1-3H3,(H,15,18)(H,16,17)(H,19,20)/t8-,9?/m1/s1. The van der Waals surface area contributed by atoms with E-state index in [4.69, 9.17) is 5.11 Å². The molecule has 0 fully saturated rings. The van der Waals surface area contributed by atoms with E-state index in [1.807, 2.05) is 0 Å². The van der Waals surface area contributed by atoms with E-state index in [-0.39, 0.29) is 11.8 Å². The second-order valence-corrected chi connectivity index (χ2v) is 5.95.